The SMILES string of the molecule is O=C(OCC1CC=CCC1)c1cn(-c2ccccc2)nn1. The van der Waals surface area contributed by atoms with Crippen LogP contribution in [0.5, 0.6) is 0 Å². The average molecular weight is 283 g/mol. The number of hydrogen-bond acceptors (Lipinski definition) is 4. The molecule has 21 heavy (non-hydrogen) atoms. The molecular formula is C16H17N3O2. The van der Waals surface area contributed by atoms with Crippen molar-refractivity contribution in [3.63, 3.8) is 0 Å². The van der Waals surface area contributed by atoms with Gasteiger partial charge >= 0.3 is 5.97 Å². The van der Waals surface area contributed by atoms with E-state index in [-0.39, 0.29) is 5.69 Å². The van der Waals surface area contributed by atoms with E-state index in [0.29, 0.717) is 12.5 Å². The largest absolute Gasteiger partial charge is 0.461 e. The number of aromatic nitrogens is 3. The molecule has 1 atom stereocenters. The van der Waals surface area contributed by atoms with Crippen molar-refractivity contribution < 1.29 is 9.53 Å². The summed E-state index contributed by atoms with van der Waals surface area (Å²) in [5.41, 5.74) is 1.10. The van der Waals surface area contributed by atoms with Gasteiger partial charge in [0.2, 0.25) is 0 Å². The molecule has 0 spiro atoms. The Morgan fingerprint density at radius 2 is 2.14 bits per heavy atom. The highest BCUT2D eigenvalue weighted by molar-refractivity contribution is 5.86. The monoisotopic (exact) mass is 283 g/mol. The number of carbonyl (C=O) groups excluding carboxylic acids is 1. The minimum atomic E-state index is -0.410. The van der Waals surface area contributed by atoms with Gasteiger partial charge in [0.15, 0.2) is 5.69 Å². The number of carbonyl (C=O) groups is 1. The van der Waals surface area contributed by atoms with E-state index in [1.165, 1.54) is 0 Å². The Bertz CT molecular complexity index is 634. The van der Waals surface area contributed by atoms with Crippen molar-refractivity contribution in [2.75, 3.05) is 6.61 Å². The van der Waals surface area contributed by atoms with Gasteiger partial charge in [0.1, 0.15) is 0 Å². The fourth-order valence-corrected chi connectivity index (χ4v) is 2.34. The quantitative estimate of drug-likeness (QED) is 0.639. The standard InChI is InChI=1S/C16H17N3O2/c20-16(21-12-13-7-3-1-4-8-13)15-11-19(18-17-15)14-9-5-2-6-10-14/h1-3,5-6,9-11,13H,4,7-8,12H2. The van der Waals surface area contributed by atoms with E-state index in [1.807, 2.05) is 30.3 Å². The topological polar surface area (TPSA) is 57.0 Å². The molecular weight excluding hydrogens is 266 g/mol. The molecule has 0 fully saturated rings. The number of hydrogen-bond donors (Lipinski definition) is 0. The van der Waals surface area contributed by atoms with Crippen LogP contribution >= 0.6 is 0 Å². The van der Waals surface area contributed by atoms with E-state index in [9.17, 15) is 4.79 Å². The molecule has 0 saturated carbocycles. The van der Waals surface area contributed by atoms with Gasteiger partial charge in [-0.15, -0.1) is 5.10 Å². The normalized spacial score (nSPS) is 17.6. The molecule has 0 saturated heterocycles. The minimum absolute atomic E-state index is 0.241. The van der Waals surface area contributed by atoms with Gasteiger partial charge in [-0.2, -0.15) is 0 Å². The number of benzene rings is 1. The van der Waals surface area contributed by atoms with Crippen LogP contribution in [0.3, 0.4) is 0 Å². The second-order valence-corrected chi connectivity index (χ2v) is 5.13. The van der Waals surface area contributed by atoms with Crippen molar-refractivity contribution in [1.29, 1.82) is 0 Å². The Morgan fingerprint density at radius 1 is 1.29 bits per heavy atom. The molecule has 2 aromatic rings. The van der Waals surface area contributed by atoms with Crippen LogP contribution in [-0.2, 0) is 4.74 Å². The number of rotatable bonds is 4. The molecule has 0 aliphatic heterocycles. The van der Waals surface area contributed by atoms with E-state index in [0.717, 1.165) is 24.9 Å². The second-order valence-electron chi connectivity index (χ2n) is 5.13. The first kappa shape index (κ1) is 13.5. The maximum Gasteiger partial charge on any atom is 0.360 e. The van der Waals surface area contributed by atoms with E-state index >= 15 is 0 Å². The number of ether oxygens (including phenoxy) is 1. The summed E-state index contributed by atoms with van der Waals surface area (Å²) >= 11 is 0. The number of esters is 1. The second kappa shape index (κ2) is 6.35. The Balaban J connectivity index is 1.60. The molecule has 5 heteroatoms. The predicted octanol–water partition coefficient (Wildman–Crippen LogP) is 2.78. The zero-order chi connectivity index (χ0) is 14.5. The summed E-state index contributed by atoms with van der Waals surface area (Å²) in [4.78, 5) is 12.0. The van der Waals surface area contributed by atoms with Gasteiger partial charge in [-0.05, 0) is 37.3 Å². The molecule has 5 nitrogen and oxygen atoms in total. The van der Waals surface area contributed by atoms with Gasteiger partial charge in [-0.1, -0.05) is 35.6 Å². The van der Waals surface area contributed by atoms with Gasteiger partial charge < -0.3 is 4.74 Å². The maximum atomic E-state index is 12.0. The van der Waals surface area contributed by atoms with E-state index in [2.05, 4.69) is 22.5 Å². The molecule has 0 N–H and O–H groups in total. The van der Waals surface area contributed by atoms with Gasteiger partial charge in [-0.25, -0.2) is 9.48 Å². The Labute approximate surface area is 123 Å². The third-order valence-electron chi connectivity index (χ3n) is 3.55. The van der Waals surface area contributed by atoms with Crippen LogP contribution in [0.1, 0.15) is 29.8 Å². The molecule has 1 aromatic heterocycles. The highest BCUT2D eigenvalue weighted by atomic mass is 16.5. The highest BCUT2D eigenvalue weighted by Crippen LogP contribution is 2.18. The van der Waals surface area contributed by atoms with Crippen molar-refractivity contribution in [3.05, 3.63) is 54.4 Å². The van der Waals surface area contributed by atoms with Crippen LogP contribution in [0.2, 0.25) is 0 Å². The van der Waals surface area contributed by atoms with Gasteiger partial charge in [0.05, 0.1) is 18.5 Å². The number of nitrogens with zero attached hydrogens (tertiary/aromatic N) is 3. The molecule has 1 aliphatic rings. The molecule has 3 rings (SSSR count). The lowest BCUT2D eigenvalue weighted by atomic mass is 9.95. The molecule has 0 bridgehead atoms. The number of para-hydroxylation sites is 1. The first-order valence-electron chi connectivity index (χ1n) is 7.13. The Kier molecular flexibility index (Phi) is 4.09. The highest BCUT2D eigenvalue weighted by Gasteiger charge is 2.16. The molecule has 1 heterocycles. The third-order valence-corrected chi connectivity index (χ3v) is 3.55. The molecule has 108 valence electrons. The van der Waals surface area contributed by atoms with E-state index in [1.54, 1.807) is 10.9 Å². The summed E-state index contributed by atoms with van der Waals surface area (Å²) in [7, 11) is 0. The van der Waals surface area contributed by atoms with Crippen LogP contribution in [-0.4, -0.2) is 27.6 Å². The van der Waals surface area contributed by atoms with E-state index < -0.39 is 5.97 Å². The van der Waals surface area contributed by atoms with Crippen molar-refractivity contribution in [1.82, 2.24) is 15.0 Å². The van der Waals surface area contributed by atoms with Crippen molar-refractivity contribution in [3.8, 4) is 5.69 Å². The zero-order valence-corrected chi connectivity index (χ0v) is 11.7. The van der Waals surface area contributed by atoms with Crippen molar-refractivity contribution in [2.24, 2.45) is 5.92 Å². The molecule has 0 amide bonds. The van der Waals surface area contributed by atoms with Crippen molar-refractivity contribution >= 4 is 5.97 Å². The Morgan fingerprint density at radius 3 is 2.90 bits per heavy atom. The van der Waals surface area contributed by atoms with Crippen LogP contribution in [0.15, 0.2) is 48.7 Å². The summed E-state index contributed by atoms with van der Waals surface area (Å²) in [6, 6.07) is 9.54. The predicted molar refractivity (Wildman–Crippen MR) is 78.1 cm³/mol. The summed E-state index contributed by atoms with van der Waals surface area (Å²) in [6.45, 7) is 0.446. The fraction of sp³-hybridized carbons (Fsp3) is 0.312. The maximum absolute atomic E-state index is 12.0. The lowest BCUT2D eigenvalue weighted by Crippen LogP contribution is -2.15. The zero-order valence-electron chi connectivity index (χ0n) is 11.7. The van der Waals surface area contributed by atoms with Gasteiger partial charge in [0.25, 0.3) is 0 Å². The van der Waals surface area contributed by atoms with Crippen LogP contribution in [0, 0.1) is 5.92 Å². The smallest absolute Gasteiger partial charge is 0.360 e. The molecule has 1 unspecified atom stereocenters. The molecule has 1 aliphatic carbocycles. The van der Waals surface area contributed by atoms with E-state index in [4.69, 9.17) is 4.74 Å². The summed E-state index contributed by atoms with van der Waals surface area (Å²) in [6.07, 6.45) is 9.02. The lowest BCUT2D eigenvalue weighted by Gasteiger charge is -2.16. The van der Waals surface area contributed by atoms with Gasteiger partial charge in [-0.3, -0.25) is 0 Å². The van der Waals surface area contributed by atoms with Crippen LogP contribution < -0.4 is 0 Å². The van der Waals surface area contributed by atoms with Crippen LogP contribution in [0.4, 0.5) is 0 Å². The van der Waals surface area contributed by atoms with Crippen LogP contribution in [0.25, 0.3) is 5.69 Å². The van der Waals surface area contributed by atoms with Crippen molar-refractivity contribution in [2.45, 2.75) is 19.3 Å². The fourth-order valence-electron chi connectivity index (χ4n) is 2.34. The summed E-state index contributed by atoms with van der Waals surface area (Å²) in [5.74, 6) is 0.00912. The third kappa shape index (κ3) is 3.37. The minimum Gasteiger partial charge on any atom is -0.461 e. The first-order chi connectivity index (χ1) is 10.3. The lowest BCUT2D eigenvalue weighted by molar-refractivity contribution is 0.0425. The van der Waals surface area contributed by atoms with Gasteiger partial charge in [0, 0.05) is 0 Å². The summed E-state index contributed by atoms with van der Waals surface area (Å²) < 4.78 is 6.90. The summed E-state index contributed by atoms with van der Waals surface area (Å²) in [5, 5.41) is 7.84. The Hall–Kier alpha value is -2.43. The molecule has 0 radical (unpaired) electrons. The average Bonchev–Trinajstić information content (AvgIpc) is 3.04. The molecule has 1 aromatic carbocycles. The number of allylic oxidation sites excluding steroid dienone is 2. The first-order valence-corrected chi connectivity index (χ1v) is 7.13.